The Labute approximate surface area is 93.1 Å². The Morgan fingerprint density at radius 1 is 1.40 bits per heavy atom. The van der Waals surface area contributed by atoms with Gasteiger partial charge in [0.25, 0.3) is 0 Å². The third kappa shape index (κ3) is 4.49. The van der Waals surface area contributed by atoms with Crippen LogP contribution in [-0.4, -0.2) is 44.2 Å². The summed E-state index contributed by atoms with van der Waals surface area (Å²) in [6.07, 6.45) is 2.25. The number of rotatable bonds is 3. The van der Waals surface area contributed by atoms with E-state index in [0.717, 1.165) is 13.0 Å². The van der Waals surface area contributed by atoms with E-state index in [1.54, 1.807) is 4.31 Å². The molecule has 0 bridgehead atoms. The molecule has 1 aliphatic heterocycles. The monoisotopic (exact) mass is 234 g/mol. The molecule has 1 unspecified atom stereocenters. The van der Waals surface area contributed by atoms with E-state index in [4.69, 9.17) is 0 Å². The molecule has 1 heterocycles. The molecular formula is C10H22N2O2S. The van der Waals surface area contributed by atoms with E-state index in [-0.39, 0.29) is 5.54 Å². The van der Waals surface area contributed by atoms with Crippen LogP contribution in [0.2, 0.25) is 0 Å². The summed E-state index contributed by atoms with van der Waals surface area (Å²) < 4.78 is 24.1. The number of sulfonamides is 1. The third-order valence-corrected chi connectivity index (χ3v) is 3.91. The van der Waals surface area contributed by atoms with Crippen LogP contribution in [0.1, 0.15) is 27.2 Å². The first kappa shape index (κ1) is 12.9. The van der Waals surface area contributed by atoms with E-state index in [1.165, 1.54) is 6.26 Å². The van der Waals surface area contributed by atoms with Crippen molar-refractivity contribution in [3.8, 4) is 0 Å². The predicted octanol–water partition coefficient (Wildman–Crippen LogP) is 0.656. The first-order chi connectivity index (χ1) is 6.68. The predicted molar refractivity (Wildman–Crippen MR) is 62.3 cm³/mol. The number of nitrogens with zero attached hydrogens (tertiary/aromatic N) is 1. The standard InChI is InChI=1S/C10H22N2O2S/c1-10(2,3)11-7-9-5-6-12(8-9)15(4,13)14/h9,11H,5-8H2,1-4H3. The molecule has 0 amide bonds. The SMILES string of the molecule is CC(C)(C)NCC1CCN(S(C)(=O)=O)C1. The minimum atomic E-state index is -2.98. The highest BCUT2D eigenvalue weighted by Gasteiger charge is 2.28. The van der Waals surface area contributed by atoms with Gasteiger partial charge in [-0.15, -0.1) is 0 Å². The molecule has 1 aliphatic rings. The van der Waals surface area contributed by atoms with Crippen LogP contribution in [0.5, 0.6) is 0 Å². The van der Waals surface area contributed by atoms with Crippen molar-refractivity contribution in [1.29, 1.82) is 0 Å². The smallest absolute Gasteiger partial charge is 0.211 e. The lowest BCUT2D eigenvalue weighted by Crippen LogP contribution is -2.40. The molecule has 5 heteroatoms. The summed E-state index contributed by atoms with van der Waals surface area (Å²) in [6, 6.07) is 0. The Morgan fingerprint density at radius 3 is 2.40 bits per heavy atom. The average Bonchev–Trinajstić information content (AvgIpc) is 2.45. The molecule has 1 fully saturated rings. The van der Waals surface area contributed by atoms with Gasteiger partial charge in [-0.05, 0) is 39.7 Å². The summed E-state index contributed by atoms with van der Waals surface area (Å²) in [5, 5.41) is 3.41. The minimum Gasteiger partial charge on any atom is -0.312 e. The molecule has 0 radical (unpaired) electrons. The average molecular weight is 234 g/mol. The van der Waals surface area contributed by atoms with Crippen LogP contribution >= 0.6 is 0 Å². The molecule has 1 saturated heterocycles. The van der Waals surface area contributed by atoms with E-state index in [0.29, 0.717) is 19.0 Å². The fraction of sp³-hybridized carbons (Fsp3) is 1.00. The van der Waals surface area contributed by atoms with Crippen molar-refractivity contribution < 1.29 is 8.42 Å². The molecule has 0 saturated carbocycles. The number of hydrogen-bond donors (Lipinski definition) is 1. The zero-order chi connectivity index (χ0) is 11.7. The van der Waals surface area contributed by atoms with Crippen LogP contribution in [-0.2, 0) is 10.0 Å². The van der Waals surface area contributed by atoms with Gasteiger partial charge in [-0.2, -0.15) is 0 Å². The molecule has 0 aromatic carbocycles. The van der Waals surface area contributed by atoms with Crippen molar-refractivity contribution in [2.24, 2.45) is 5.92 Å². The Hall–Kier alpha value is -0.130. The number of hydrogen-bond acceptors (Lipinski definition) is 3. The van der Waals surface area contributed by atoms with Crippen LogP contribution in [0, 0.1) is 5.92 Å². The maximum atomic E-state index is 11.3. The van der Waals surface area contributed by atoms with Crippen molar-refractivity contribution in [2.45, 2.75) is 32.7 Å². The third-order valence-electron chi connectivity index (χ3n) is 2.64. The molecule has 90 valence electrons. The van der Waals surface area contributed by atoms with Crippen LogP contribution in [0.4, 0.5) is 0 Å². The molecule has 15 heavy (non-hydrogen) atoms. The first-order valence-corrected chi connectivity index (χ1v) is 7.23. The summed E-state index contributed by atoms with van der Waals surface area (Å²) in [4.78, 5) is 0. The zero-order valence-electron chi connectivity index (χ0n) is 10.1. The van der Waals surface area contributed by atoms with E-state index in [2.05, 4.69) is 26.1 Å². The van der Waals surface area contributed by atoms with Crippen LogP contribution in [0.15, 0.2) is 0 Å². The van der Waals surface area contributed by atoms with Crippen molar-refractivity contribution in [3.05, 3.63) is 0 Å². The molecular weight excluding hydrogens is 212 g/mol. The molecule has 1 N–H and O–H groups in total. The van der Waals surface area contributed by atoms with Crippen LogP contribution in [0.3, 0.4) is 0 Å². The van der Waals surface area contributed by atoms with Gasteiger partial charge >= 0.3 is 0 Å². The highest BCUT2D eigenvalue weighted by atomic mass is 32.2. The van der Waals surface area contributed by atoms with E-state index < -0.39 is 10.0 Å². The van der Waals surface area contributed by atoms with Gasteiger partial charge in [0.2, 0.25) is 10.0 Å². The summed E-state index contributed by atoms with van der Waals surface area (Å²) >= 11 is 0. The minimum absolute atomic E-state index is 0.110. The van der Waals surface area contributed by atoms with Gasteiger partial charge < -0.3 is 5.32 Å². The molecule has 0 aromatic heterocycles. The lowest BCUT2D eigenvalue weighted by Gasteiger charge is -2.23. The fourth-order valence-corrected chi connectivity index (χ4v) is 2.63. The number of nitrogens with one attached hydrogen (secondary N) is 1. The topological polar surface area (TPSA) is 49.4 Å². The summed E-state index contributed by atoms with van der Waals surface area (Å²) in [5.74, 6) is 0.457. The van der Waals surface area contributed by atoms with Gasteiger partial charge in [0.15, 0.2) is 0 Å². The zero-order valence-corrected chi connectivity index (χ0v) is 10.9. The van der Waals surface area contributed by atoms with Gasteiger partial charge in [0.1, 0.15) is 0 Å². The lowest BCUT2D eigenvalue weighted by atomic mass is 10.1. The quantitative estimate of drug-likeness (QED) is 0.780. The van der Waals surface area contributed by atoms with Crippen LogP contribution < -0.4 is 5.32 Å². The lowest BCUT2D eigenvalue weighted by molar-refractivity contribution is 0.373. The molecule has 4 nitrogen and oxygen atoms in total. The van der Waals surface area contributed by atoms with Crippen molar-refractivity contribution in [3.63, 3.8) is 0 Å². The van der Waals surface area contributed by atoms with Gasteiger partial charge in [-0.1, -0.05) is 0 Å². The first-order valence-electron chi connectivity index (χ1n) is 5.38. The molecule has 1 rings (SSSR count). The van der Waals surface area contributed by atoms with Crippen molar-refractivity contribution in [1.82, 2.24) is 9.62 Å². The molecule has 0 aromatic rings. The van der Waals surface area contributed by atoms with E-state index in [1.807, 2.05) is 0 Å². The second-order valence-electron chi connectivity index (χ2n) is 5.41. The second kappa shape index (κ2) is 4.39. The molecule has 1 atom stereocenters. The fourth-order valence-electron chi connectivity index (χ4n) is 1.72. The maximum Gasteiger partial charge on any atom is 0.211 e. The summed E-state index contributed by atoms with van der Waals surface area (Å²) in [6.45, 7) is 8.61. The Kier molecular flexibility index (Phi) is 3.79. The van der Waals surface area contributed by atoms with Gasteiger partial charge in [-0.25, -0.2) is 12.7 Å². The van der Waals surface area contributed by atoms with Crippen molar-refractivity contribution in [2.75, 3.05) is 25.9 Å². The van der Waals surface area contributed by atoms with Crippen molar-refractivity contribution >= 4 is 10.0 Å². The highest BCUT2D eigenvalue weighted by molar-refractivity contribution is 7.88. The maximum absolute atomic E-state index is 11.3. The summed E-state index contributed by atoms with van der Waals surface area (Å²) in [5.41, 5.74) is 0.110. The largest absolute Gasteiger partial charge is 0.312 e. The summed E-state index contributed by atoms with van der Waals surface area (Å²) in [7, 11) is -2.98. The molecule has 0 spiro atoms. The molecule has 0 aliphatic carbocycles. The van der Waals surface area contributed by atoms with E-state index in [9.17, 15) is 8.42 Å². The van der Waals surface area contributed by atoms with Gasteiger partial charge in [0, 0.05) is 18.6 Å². The Bertz CT molecular complexity index is 306. The van der Waals surface area contributed by atoms with Gasteiger partial charge in [-0.3, -0.25) is 0 Å². The highest BCUT2D eigenvalue weighted by Crippen LogP contribution is 2.18. The Morgan fingerprint density at radius 2 is 2.00 bits per heavy atom. The second-order valence-corrected chi connectivity index (χ2v) is 7.39. The van der Waals surface area contributed by atoms with E-state index >= 15 is 0 Å². The Balaban J connectivity index is 2.38. The van der Waals surface area contributed by atoms with Gasteiger partial charge in [0.05, 0.1) is 6.26 Å². The van der Waals surface area contributed by atoms with Crippen LogP contribution in [0.25, 0.3) is 0 Å². The normalized spacial score (nSPS) is 24.7.